The van der Waals surface area contributed by atoms with Crippen molar-refractivity contribution in [1.82, 2.24) is 29.6 Å². The van der Waals surface area contributed by atoms with Gasteiger partial charge in [-0.2, -0.15) is 0 Å². The minimum Gasteiger partial charge on any atom is -0.361 e. The van der Waals surface area contributed by atoms with Gasteiger partial charge in [-0.25, -0.2) is 0 Å². The van der Waals surface area contributed by atoms with Gasteiger partial charge < -0.3 is 29.6 Å². The van der Waals surface area contributed by atoms with E-state index in [0.717, 1.165) is 65.0 Å². The normalized spacial score (nSPS) is 15.0. The van der Waals surface area contributed by atoms with Crippen LogP contribution in [0.2, 0.25) is 10.0 Å². The summed E-state index contributed by atoms with van der Waals surface area (Å²) in [7, 11) is 0. The highest BCUT2D eigenvalue weighted by molar-refractivity contribution is 7.99. The quantitative estimate of drug-likeness (QED) is 0.149. The summed E-state index contributed by atoms with van der Waals surface area (Å²) in [6, 6.07) is 24.1. The molecule has 2 fully saturated rings. The number of aromatic nitrogens is 2. The first kappa shape index (κ1) is 40.0. The van der Waals surface area contributed by atoms with Crippen molar-refractivity contribution in [3.05, 3.63) is 119 Å². The minimum atomic E-state index is -0.128. The number of rotatable bonds is 8. The van der Waals surface area contributed by atoms with E-state index in [2.05, 4.69) is 22.1 Å². The number of nitrogens with one attached hydrogen (secondary N) is 2. The monoisotopic (exact) mass is 844 g/mol. The van der Waals surface area contributed by atoms with Crippen molar-refractivity contribution in [1.29, 1.82) is 0 Å². The Labute approximate surface area is 356 Å². The van der Waals surface area contributed by atoms with Gasteiger partial charge in [0.05, 0.1) is 10.0 Å². The molecular formula is C46H42Cl2N6O4S. The zero-order chi connectivity index (χ0) is 41.2. The van der Waals surface area contributed by atoms with E-state index in [9.17, 15) is 19.2 Å². The van der Waals surface area contributed by atoms with Crippen molar-refractivity contribution in [2.24, 2.45) is 0 Å². The van der Waals surface area contributed by atoms with Crippen molar-refractivity contribution in [3.63, 3.8) is 0 Å². The summed E-state index contributed by atoms with van der Waals surface area (Å²) >= 11 is 16.2. The molecule has 4 amide bonds. The minimum absolute atomic E-state index is 0.0111. The van der Waals surface area contributed by atoms with Crippen LogP contribution in [-0.2, 0) is 19.2 Å². The van der Waals surface area contributed by atoms with E-state index < -0.39 is 0 Å². The van der Waals surface area contributed by atoms with Gasteiger partial charge in [-0.1, -0.05) is 71.4 Å². The number of piperazine rings is 2. The first-order valence-corrected chi connectivity index (χ1v) is 21.0. The number of hydrogen-bond acceptors (Lipinski definition) is 5. The van der Waals surface area contributed by atoms with Gasteiger partial charge in [0, 0.05) is 123 Å². The second-order valence-corrected chi connectivity index (χ2v) is 16.5. The van der Waals surface area contributed by atoms with E-state index in [0.29, 0.717) is 62.4 Å². The predicted molar refractivity (Wildman–Crippen MR) is 237 cm³/mol. The maximum atomic E-state index is 13.3. The van der Waals surface area contributed by atoms with Crippen LogP contribution in [0.25, 0.3) is 56.2 Å². The van der Waals surface area contributed by atoms with Crippen molar-refractivity contribution in [2.45, 2.75) is 23.6 Å². The third-order valence-electron chi connectivity index (χ3n) is 11.1. The number of H-pyrrole nitrogens is 2. The molecule has 2 aromatic heterocycles. The highest BCUT2D eigenvalue weighted by Gasteiger charge is 2.24. The summed E-state index contributed by atoms with van der Waals surface area (Å²) in [6.07, 6.45) is 10.6. The fourth-order valence-corrected chi connectivity index (χ4v) is 9.39. The standard InChI is InChI=1S/C46H42Cl2N6O4S/c1-29(55)51-19-23-53(24-20-51)41(57)13-9-33-7-11-39(45(47)43(33)35-5-3-31-15-17-49-37(31)27-35)59-40-12-8-34(10-14-42(58)54-25-21-52(22-26-54)30(2)56)44(46(40)48)36-6-4-32-16-18-50-38(32)28-36/h3-18,27-28,49-50H,19-26H2,1-2H3. The number of fused-ring (bicyclic) bond motifs is 2. The SMILES string of the molecule is CC(=O)N1CCN(C(=O)C=Cc2ccc(Sc3ccc(C=CC(=O)N4CCN(C(C)=O)CC4)c(-c4ccc5cc[nH]c5c4)c3Cl)c(Cl)c2-c2ccc3cc[nH]c3c2)CC1. The number of nitrogens with zero attached hydrogens (tertiary/aromatic N) is 4. The second kappa shape index (κ2) is 17.2. The lowest BCUT2D eigenvalue weighted by Gasteiger charge is -2.33. The zero-order valence-corrected chi connectivity index (χ0v) is 35.0. The second-order valence-electron chi connectivity index (χ2n) is 14.7. The molecule has 0 aliphatic carbocycles. The number of benzene rings is 4. The first-order valence-electron chi connectivity index (χ1n) is 19.5. The average Bonchev–Trinajstić information content (AvgIpc) is 3.93. The molecule has 300 valence electrons. The molecular weight excluding hydrogens is 804 g/mol. The van der Waals surface area contributed by atoms with Gasteiger partial charge in [-0.05, 0) is 81.6 Å². The van der Waals surface area contributed by atoms with Gasteiger partial charge >= 0.3 is 0 Å². The van der Waals surface area contributed by atoms with Crippen molar-refractivity contribution < 1.29 is 19.2 Å². The highest BCUT2D eigenvalue weighted by atomic mass is 35.5. The third kappa shape index (κ3) is 8.55. The van der Waals surface area contributed by atoms with Crippen LogP contribution in [0.3, 0.4) is 0 Å². The molecule has 0 atom stereocenters. The Hall–Kier alpha value is -5.75. The predicted octanol–water partition coefficient (Wildman–Crippen LogP) is 8.85. The topological polar surface area (TPSA) is 113 Å². The molecule has 2 saturated heterocycles. The molecule has 59 heavy (non-hydrogen) atoms. The molecule has 13 heteroatoms. The Bertz CT molecular complexity index is 2490. The van der Waals surface area contributed by atoms with E-state index >= 15 is 0 Å². The van der Waals surface area contributed by atoms with Crippen molar-refractivity contribution >= 4 is 92.6 Å². The molecule has 2 aliphatic heterocycles. The Morgan fingerprint density at radius 1 is 0.542 bits per heavy atom. The van der Waals surface area contributed by atoms with Gasteiger partial charge in [-0.3, -0.25) is 19.2 Å². The third-order valence-corrected chi connectivity index (χ3v) is 13.2. The summed E-state index contributed by atoms with van der Waals surface area (Å²) < 4.78 is 0. The number of amides is 4. The zero-order valence-electron chi connectivity index (χ0n) is 32.6. The fourth-order valence-electron chi connectivity index (χ4n) is 7.71. The van der Waals surface area contributed by atoms with Gasteiger partial charge in [-0.15, -0.1) is 0 Å². The molecule has 4 aromatic carbocycles. The molecule has 0 saturated carbocycles. The average molecular weight is 846 g/mol. The molecule has 0 bridgehead atoms. The maximum absolute atomic E-state index is 13.3. The highest BCUT2D eigenvalue weighted by Crippen LogP contribution is 2.47. The molecule has 0 unspecified atom stereocenters. The lowest BCUT2D eigenvalue weighted by atomic mass is 9.98. The maximum Gasteiger partial charge on any atom is 0.246 e. The van der Waals surface area contributed by atoms with Crippen molar-refractivity contribution in [3.8, 4) is 22.3 Å². The molecule has 6 aromatic rings. The first-order chi connectivity index (χ1) is 28.5. The number of aromatic amines is 2. The van der Waals surface area contributed by atoms with E-state index in [1.807, 2.05) is 85.2 Å². The Morgan fingerprint density at radius 2 is 0.932 bits per heavy atom. The lowest BCUT2D eigenvalue weighted by Crippen LogP contribution is -2.49. The van der Waals surface area contributed by atoms with Crippen molar-refractivity contribution in [2.75, 3.05) is 52.4 Å². The summed E-state index contributed by atoms with van der Waals surface area (Å²) in [6.45, 7) is 7.03. The van der Waals surface area contributed by atoms with Crippen LogP contribution in [0, 0.1) is 0 Å². The smallest absolute Gasteiger partial charge is 0.246 e. The molecule has 0 radical (unpaired) electrons. The molecule has 2 N–H and O–H groups in total. The summed E-state index contributed by atoms with van der Waals surface area (Å²) in [5.41, 5.74) is 6.78. The Morgan fingerprint density at radius 3 is 1.32 bits per heavy atom. The molecule has 8 rings (SSSR count). The summed E-state index contributed by atoms with van der Waals surface area (Å²) in [5, 5.41) is 3.15. The van der Waals surface area contributed by atoms with E-state index in [1.165, 1.54) is 11.8 Å². The summed E-state index contributed by atoms with van der Waals surface area (Å²) in [5.74, 6) is -0.234. The van der Waals surface area contributed by atoms with E-state index in [4.69, 9.17) is 23.2 Å². The molecule has 4 heterocycles. The van der Waals surface area contributed by atoms with Crippen LogP contribution < -0.4 is 0 Å². The Kier molecular flexibility index (Phi) is 11.7. The van der Waals surface area contributed by atoms with Gasteiger partial charge in [0.1, 0.15) is 0 Å². The largest absolute Gasteiger partial charge is 0.361 e. The molecule has 0 spiro atoms. The van der Waals surface area contributed by atoms with Crippen LogP contribution in [0.1, 0.15) is 25.0 Å². The van der Waals surface area contributed by atoms with E-state index in [-0.39, 0.29) is 23.6 Å². The van der Waals surface area contributed by atoms with Gasteiger partial charge in [0.15, 0.2) is 0 Å². The molecule has 2 aliphatic rings. The number of halogens is 2. The number of carbonyl (C=O) groups is 4. The Balaban J connectivity index is 1.13. The van der Waals surface area contributed by atoms with Crippen LogP contribution in [-0.4, -0.2) is 106 Å². The van der Waals surface area contributed by atoms with E-state index in [1.54, 1.807) is 45.6 Å². The summed E-state index contributed by atoms with van der Waals surface area (Å²) in [4.78, 5) is 65.5. The fraction of sp³-hybridized carbons (Fsp3) is 0.217. The van der Waals surface area contributed by atoms with Crippen LogP contribution in [0.5, 0.6) is 0 Å². The lowest BCUT2D eigenvalue weighted by molar-refractivity contribution is -0.135. The van der Waals surface area contributed by atoms with Crippen LogP contribution in [0.15, 0.2) is 107 Å². The molecule has 10 nitrogen and oxygen atoms in total. The van der Waals surface area contributed by atoms with Gasteiger partial charge in [0.2, 0.25) is 23.6 Å². The van der Waals surface area contributed by atoms with Crippen LogP contribution in [0.4, 0.5) is 0 Å². The number of carbonyl (C=O) groups excluding carboxylic acids is 4. The van der Waals surface area contributed by atoms with Crippen LogP contribution >= 0.6 is 35.0 Å². The van der Waals surface area contributed by atoms with Gasteiger partial charge in [0.25, 0.3) is 0 Å². The number of hydrogen-bond donors (Lipinski definition) is 2.